The lowest BCUT2D eigenvalue weighted by Gasteiger charge is -2.15. The van der Waals surface area contributed by atoms with Crippen LogP contribution in [0.1, 0.15) is 52.7 Å². The zero-order chi connectivity index (χ0) is 19.1. The van der Waals surface area contributed by atoms with Gasteiger partial charge >= 0.3 is 0 Å². The summed E-state index contributed by atoms with van der Waals surface area (Å²) in [4.78, 5) is 17.2. The van der Waals surface area contributed by atoms with E-state index < -0.39 is 0 Å². The molecule has 4 rings (SSSR count). The number of nitrogens with one attached hydrogen (secondary N) is 1. The third-order valence-corrected chi connectivity index (χ3v) is 5.64. The molecule has 1 aromatic carbocycles. The van der Waals surface area contributed by atoms with Gasteiger partial charge in [-0.05, 0) is 68.9 Å². The summed E-state index contributed by atoms with van der Waals surface area (Å²) >= 11 is 6.07. The molecule has 0 spiro atoms. The molecule has 1 atom stereocenters. The molecule has 0 bridgehead atoms. The molecule has 2 heterocycles. The summed E-state index contributed by atoms with van der Waals surface area (Å²) in [6.07, 6.45) is 2.98. The van der Waals surface area contributed by atoms with Gasteiger partial charge in [-0.1, -0.05) is 17.7 Å². The van der Waals surface area contributed by atoms with Crippen molar-refractivity contribution in [2.45, 2.75) is 52.5 Å². The summed E-state index contributed by atoms with van der Waals surface area (Å²) in [5.41, 5.74) is 7.35. The SMILES string of the molecule is Cc1cc2nc(C)c(CCC(=O)NC3CCc4cc(Cl)ccc43)c(C)n2n1. The fourth-order valence-corrected chi connectivity index (χ4v) is 4.24. The second-order valence-corrected chi connectivity index (χ2v) is 7.76. The van der Waals surface area contributed by atoms with E-state index in [0.717, 1.165) is 46.2 Å². The molecular weight excluding hydrogens is 360 g/mol. The highest BCUT2D eigenvalue weighted by molar-refractivity contribution is 6.30. The average molecular weight is 383 g/mol. The van der Waals surface area contributed by atoms with E-state index in [1.165, 1.54) is 11.1 Å². The zero-order valence-electron chi connectivity index (χ0n) is 15.8. The summed E-state index contributed by atoms with van der Waals surface area (Å²) in [7, 11) is 0. The van der Waals surface area contributed by atoms with E-state index >= 15 is 0 Å². The minimum absolute atomic E-state index is 0.0679. The molecule has 1 N–H and O–H groups in total. The van der Waals surface area contributed by atoms with Crippen LogP contribution in [0.5, 0.6) is 0 Å². The Labute approximate surface area is 163 Å². The van der Waals surface area contributed by atoms with Gasteiger partial charge in [0.25, 0.3) is 0 Å². The third kappa shape index (κ3) is 3.44. The number of aromatic nitrogens is 3. The molecule has 6 heteroatoms. The lowest BCUT2D eigenvalue weighted by Crippen LogP contribution is -2.27. The topological polar surface area (TPSA) is 59.3 Å². The first kappa shape index (κ1) is 18.0. The van der Waals surface area contributed by atoms with Crippen LogP contribution in [0.4, 0.5) is 0 Å². The lowest BCUT2D eigenvalue weighted by atomic mass is 10.1. The standard InChI is InChI=1S/C21H23ClN4O/c1-12-10-20-23-13(2)17(14(3)26(20)25-12)7-9-21(27)24-19-8-4-15-11-16(22)5-6-18(15)19/h5-6,10-11,19H,4,7-9H2,1-3H3,(H,24,27). The van der Waals surface area contributed by atoms with E-state index in [1.807, 2.05) is 49.6 Å². The molecule has 5 nitrogen and oxygen atoms in total. The Balaban J connectivity index is 1.45. The van der Waals surface area contributed by atoms with Crippen molar-refractivity contribution in [3.63, 3.8) is 0 Å². The summed E-state index contributed by atoms with van der Waals surface area (Å²) in [5, 5.41) is 8.43. The van der Waals surface area contributed by atoms with Gasteiger partial charge in [0.1, 0.15) is 0 Å². The van der Waals surface area contributed by atoms with Crippen LogP contribution in [0, 0.1) is 20.8 Å². The Bertz CT molecular complexity index is 1040. The maximum absolute atomic E-state index is 12.6. The van der Waals surface area contributed by atoms with E-state index in [-0.39, 0.29) is 11.9 Å². The number of nitrogens with zero attached hydrogens (tertiary/aromatic N) is 3. The van der Waals surface area contributed by atoms with Crippen molar-refractivity contribution in [3.05, 3.63) is 63.1 Å². The van der Waals surface area contributed by atoms with Crippen LogP contribution < -0.4 is 5.32 Å². The molecule has 0 saturated heterocycles. The van der Waals surface area contributed by atoms with Gasteiger partial charge in [0, 0.05) is 28.9 Å². The molecule has 1 aliphatic carbocycles. The van der Waals surface area contributed by atoms with Crippen molar-refractivity contribution in [3.8, 4) is 0 Å². The highest BCUT2D eigenvalue weighted by Gasteiger charge is 2.24. The van der Waals surface area contributed by atoms with Gasteiger partial charge in [0.2, 0.25) is 5.91 Å². The number of benzene rings is 1. The second-order valence-electron chi connectivity index (χ2n) is 7.32. The minimum Gasteiger partial charge on any atom is -0.349 e. The smallest absolute Gasteiger partial charge is 0.220 e. The van der Waals surface area contributed by atoms with Gasteiger partial charge in [-0.2, -0.15) is 5.10 Å². The van der Waals surface area contributed by atoms with E-state index in [1.54, 1.807) is 0 Å². The van der Waals surface area contributed by atoms with Crippen molar-refractivity contribution in [2.75, 3.05) is 0 Å². The average Bonchev–Trinajstić information content (AvgIpc) is 3.17. The van der Waals surface area contributed by atoms with Crippen molar-refractivity contribution >= 4 is 23.2 Å². The van der Waals surface area contributed by atoms with Crippen molar-refractivity contribution < 1.29 is 4.79 Å². The predicted molar refractivity (Wildman–Crippen MR) is 106 cm³/mol. The van der Waals surface area contributed by atoms with Crippen LogP contribution >= 0.6 is 11.6 Å². The zero-order valence-corrected chi connectivity index (χ0v) is 16.6. The first-order chi connectivity index (χ1) is 12.9. The number of hydrogen-bond acceptors (Lipinski definition) is 3. The maximum atomic E-state index is 12.6. The summed E-state index contributed by atoms with van der Waals surface area (Å²) in [6.45, 7) is 6.00. The Kier molecular flexibility index (Phi) is 4.64. The van der Waals surface area contributed by atoms with Gasteiger partial charge in [-0.15, -0.1) is 0 Å². The first-order valence-electron chi connectivity index (χ1n) is 9.32. The molecule has 140 valence electrons. The number of aryl methyl sites for hydroxylation is 4. The molecular formula is C21H23ClN4O. The largest absolute Gasteiger partial charge is 0.349 e. The van der Waals surface area contributed by atoms with Gasteiger partial charge in [0.15, 0.2) is 5.65 Å². The van der Waals surface area contributed by atoms with Crippen molar-refractivity contribution in [1.29, 1.82) is 0 Å². The second kappa shape index (κ2) is 6.97. The van der Waals surface area contributed by atoms with E-state index in [2.05, 4.69) is 15.4 Å². The Morgan fingerprint density at radius 1 is 1.30 bits per heavy atom. The number of hydrogen-bond donors (Lipinski definition) is 1. The van der Waals surface area contributed by atoms with Gasteiger partial charge < -0.3 is 5.32 Å². The highest BCUT2D eigenvalue weighted by atomic mass is 35.5. The Morgan fingerprint density at radius 3 is 2.93 bits per heavy atom. The van der Waals surface area contributed by atoms with Crippen LogP contribution in [0.15, 0.2) is 24.3 Å². The highest BCUT2D eigenvalue weighted by Crippen LogP contribution is 2.32. The van der Waals surface area contributed by atoms with Crippen LogP contribution in [-0.4, -0.2) is 20.5 Å². The Morgan fingerprint density at radius 2 is 2.11 bits per heavy atom. The molecule has 0 aliphatic heterocycles. The van der Waals surface area contributed by atoms with Crippen LogP contribution in [0.25, 0.3) is 5.65 Å². The number of carbonyl (C=O) groups excluding carboxylic acids is 1. The van der Waals surface area contributed by atoms with Crippen LogP contribution in [0.3, 0.4) is 0 Å². The van der Waals surface area contributed by atoms with Gasteiger partial charge in [-0.25, -0.2) is 9.50 Å². The quantitative estimate of drug-likeness (QED) is 0.740. The number of rotatable bonds is 4. The molecule has 3 aromatic rings. The normalized spacial score (nSPS) is 15.9. The molecule has 1 unspecified atom stereocenters. The molecule has 0 radical (unpaired) electrons. The van der Waals surface area contributed by atoms with Crippen LogP contribution in [0.2, 0.25) is 5.02 Å². The predicted octanol–water partition coefficient (Wildman–Crippen LogP) is 4.04. The number of halogens is 1. The van der Waals surface area contributed by atoms with Gasteiger partial charge in [-0.3, -0.25) is 4.79 Å². The van der Waals surface area contributed by atoms with Gasteiger partial charge in [0.05, 0.1) is 11.7 Å². The molecule has 0 saturated carbocycles. The van der Waals surface area contributed by atoms with Crippen molar-refractivity contribution in [1.82, 2.24) is 19.9 Å². The van der Waals surface area contributed by atoms with Crippen molar-refractivity contribution in [2.24, 2.45) is 0 Å². The minimum atomic E-state index is 0.0679. The molecule has 0 fully saturated rings. The molecule has 27 heavy (non-hydrogen) atoms. The molecule has 2 aromatic heterocycles. The summed E-state index contributed by atoms with van der Waals surface area (Å²) in [6, 6.07) is 7.98. The van der Waals surface area contributed by atoms with Crippen LogP contribution in [-0.2, 0) is 17.6 Å². The van der Waals surface area contributed by atoms with E-state index in [4.69, 9.17) is 11.6 Å². The first-order valence-corrected chi connectivity index (χ1v) is 9.70. The molecule has 1 aliphatic rings. The summed E-state index contributed by atoms with van der Waals surface area (Å²) < 4.78 is 1.87. The third-order valence-electron chi connectivity index (χ3n) is 5.41. The van der Waals surface area contributed by atoms with E-state index in [9.17, 15) is 4.79 Å². The molecule has 1 amide bonds. The lowest BCUT2D eigenvalue weighted by molar-refractivity contribution is -0.121. The monoisotopic (exact) mass is 382 g/mol. The maximum Gasteiger partial charge on any atom is 0.220 e. The number of fused-ring (bicyclic) bond motifs is 2. The summed E-state index contributed by atoms with van der Waals surface area (Å²) in [5.74, 6) is 0.0679. The fourth-order valence-electron chi connectivity index (χ4n) is 4.04. The number of amides is 1. The fraction of sp³-hybridized carbons (Fsp3) is 0.381. The number of carbonyl (C=O) groups is 1. The van der Waals surface area contributed by atoms with E-state index in [0.29, 0.717) is 12.8 Å². The Hall–Kier alpha value is -2.40.